The monoisotopic (exact) mass is 418 g/mol. The number of fused-ring (bicyclic) bond motifs is 2. The first-order valence-corrected chi connectivity index (χ1v) is 11.4. The van der Waals surface area contributed by atoms with Crippen molar-refractivity contribution in [2.24, 2.45) is 5.92 Å². The van der Waals surface area contributed by atoms with Crippen molar-refractivity contribution in [3.63, 3.8) is 0 Å². The van der Waals surface area contributed by atoms with Crippen molar-refractivity contribution in [2.75, 3.05) is 18.1 Å². The van der Waals surface area contributed by atoms with E-state index in [1.54, 1.807) is 6.92 Å². The first kappa shape index (κ1) is 20.6. The van der Waals surface area contributed by atoms with Gasteiger partial charge in [-0.1, -0.05) is 36.0 Å². The molecule has 0 saturated heterocycles. The number of rotatable bonds is 4. The molecule has 0 spiro atoms. The fourth-order valence-corrected chi connectivity index (χ4v) is 5.60. The second kappa shape index (κ2) is 8.97. The number of hydrogen-bond donors (Lipinski definition) is 0. The number of ether oxygens (including phenoxy) is 1. The summed E-state index contributed by atoms with van der Waals surface area (Å²) in [5, 5.41) is 10.7. The Morgan fingerprint density at radius 3 is 2.83 bits per heavy atom. The third-order valence-electron chi connectivity index (χ3n) is 5.88. The van der Waals surface area contributed by atoms with E-state index in [0.717, 1.165) is 37.8 Å². The molecule has 0 N–H and O–H groups in total. The SMILES string of the molecule is CCOC(=O)/C(C#N)=C1\C=C2C=C(/C=C3\Sc4ccccc4N3CC)CCC2CC1. The normalized spacial score (nSPS) is 23.2. The molecule has 0 aromatic heterocycles. The maximum absolute atomic E-state index is 12.1. The summed E-state index contributed by atoms with van der Waals surface area (Å²) in [5.74, 6) is -0.000108. The van der Waals surface area contributed by atoms with Gasteiger partial charge in [-0.3, -0.25) is 0 Å². The number of nitriles is 1. The highest BCUT2D eigenvalue weighted by Crippen LogP contribution is 2.47. The van der Waals surface area contributed by atoms with Gasteiger partial charge in [-0.25, -0.2) is 4.79 Å². The van der Waals surface area contributed by atoms with E-state index in [-0.39, 0.29) is 12.2 Å². The molecule has 1 heterocycles. The molecule has 5 heteroatoms. The maximum Gasteiger partial charge on any atom is 0.349 e. The van der Waals surface area contributed by atoms with Crippen LogP contribution in [0.4, 0.5) is 5.69 Å². The topological polar surface area (TPSA) is 53.3 Å². The summed E-state index contributed by atoms with van der Waals surface area (Å²) in [6.07, 6.45) is 10.5. The van der Waals surface area contributed by atoms with Crippen molar-refractivity contribution in [2.45, 2.75) is 44.4 Å². The molecule has 2 aliphatic carbocycles. The van der Waals surface area contributed by atoms with Crippen molar-refractivity contribution in [1.82, 2.24) is 0 Å². The molecule has 0 saturated carbocycles. The number of benzene rings is 1. The minimum atomic E-state index is -0.508. The zero-order valence-corrected chi connectivity index (χ0v) is 18.3. The minimum Gasteiger partial charge on any atom is -0.462 e. The second-order valence-corrected chi connectivity index (χ2v) is 8.73. The smallest absolute Gasteiger partial charge is 0.349 e. The molecule has 30 heavy (non-hydrogen) atoms. The van der Waals surface area contributed by atoms with Crippen LogP contribution in [0.5, 0.6) is 0 Å². The predicted octanol–water partition coefficient (Wildman–Crippen LogP) is 5.90. The Balaban J connectivity index is 1.64. The number of carbonyl (C=O) groups excluding carboxylic acids is 1. The van der Waals surface area contributed by atoms with Crippen LogP contribution in [0.2, 0.25) is 0 Å². The molecular weight excluding hydrogens is 392 g/mol. The molecule has 0 radical (unpaired) electrons. The van der Waals surface area contributed by atoms with Crippen LogP contribution in [-0.4, -0.2) is 19.1 Å². The largest absolute Gasteiger partial charge is 0.462 e. The van der Waals surface area contributed by atoms with Gasteiger partial charge in [0.15, 0.2) is 0 Å². The summed E-state index contributed by atoms with van der Waals surface area (Å²) >= 11 is 1.82. The molecular formula is C25H26N2O2S. The van der Waals surface area contributed by atoms with Crippen LogP contribution in [-0.2, 0) is 9.53 Å². The zero-order valence-electron chi connectivity index (χ0n) is 17.5. The lowest BCUT2D eigenvalue weighted by molar-refractivity contribution is -0.138. The molecule has 1 atom stereocenters. The van der Waals surface area contributed by atoms with Crippen LogP contribution in [0.3, 0.4) is 0 Å². The average molecular weight is 419 g/mol. The lowest BCUT2D eigenvalue weighted by Gasteiger charge is -2.29. The summed E-state index contributed by atoms with van der Waals surface area (Å²) in [6, 6.07) is 10.6. The van der Waals surface area contributed by atoms with Crippen LogP contribution in [0.15, 0.2) is 74.7 Å². The van der Waals surface area contributed by atoms with E-state index >= 15 is 0 Å². The molecule has 1 unspecified atom stereocenters. The number of nitrogens with zero attached hydrogens (tertiary/aromatic N) is 2. The number of allylic oxidation sites excluding steroid dienone is 6. The van der Waals surface area contributed by atoms with E-state index in [2.05, 4.69) is 60.4 Å². The molecule has 0 amide bonds. The third-order valence-corrected chi connectivity index (χ3v) is 6.99. The highest BCUT2D eigenvalue weighted by atomic mass is 32.2. The quantitative estimate of drug-likeness (QED) is 0.346. The van der Waals surface area contributed by atoms with Gasteiger partial charge in [0.05, 0.1) is 17.3 Å². The van der Waals surface area contributed by atoms with Crippen LogP contribution < -0.4 is 4.90 Å². The lowest BCUT2D eigenvalue weighted by atomic mass is 9.76. The first-order valence-electron chi connectivity index (χ1n) is 10.6. The Bertz CT molecular complexity index is 1030. The van der Waals surface area contributed by atoms with Crippen molar-refractivity contribution >= 4 is 23.4 Å². The van der Waals surface area contributed by atoms with Gasteiger partial charge in [0.2, 0.25) is 0 Å². The van der Waals surface area contributed by atoms with E-state index in [9.17, 15) is 10.1 Å². The Morgan fingerprint density at radius 2 is 2.07 bits per heavy atom. The molecule has 0 bridgehead atoms. The van der Waals surface area contributed by atoms with E-state index in [4.69, 9.17) is 4.74 Å². The highest BCUT2D eigenvalue weighted by molar-refractivity contribution is 8.03. The van der Waals surface area contributed by atoms with E-state index in [0.29, 0.717) is 5.92 Å². The van der Waals surface area contributed by atoms with Crippen molar-refractivity contribution in [3.05, 3.63) is 69.8 Å². The summed E-state index contributed by atoms with van der Waals surface area (Å²) in [7, 11) is 0. The third kappa shape index (κ3) is 3.97. The predicted molar refractivity (Wildman–Crippen MR) is 121 cm³/mol. The number of para-hydroxylation sites is 1. The number of anilines is 1. The summed E-state index contributed by atoms with van der Waals surface area (Å²) in [6.45, 7) is 5.16. The molecule has 0 fully saturated rings. The van der Waals surface area contributed by atoms with Crippen LogP contribution in [0.25, 0.3) is 0 Å². The summed E-state index contributed by atoms with van der Waals surface area (Å²) in [5.41, 5.74) is 4.78. The molecule has 1 aromatic carbocycles. The Morgan fingerprint density at radius 1 is 1.27 bits per heavy atom. The molecule has 154 valence electrons. The fraction of sp³-hybridized carbons (Fsp3) is 0.360. The van der Waals surface area contributed by atoms with E-state index in [1.807, 2.05) is 11.8 Å². The van der Waals surface area contributed by atoms with Gasteiger partial charge in [-0.2, -0.15) is 5.26 Å². The van der Waals surface area contributed by atoms with Gasteiger partial charge >= 0.3 is 5.97 Å². The molecule has 1 aromatic rings. The fourth-order valence-electron chi connectivity index (χ4n) is 4.39. The standard InChI is InChI=1S/C25H26N2O2S/c1-3-27-22-7-5-6-8-23(22)30-24(27)14-17-9-10-18-11-12-19(15-20(18)13-17)21(16-26)25(28)29-4-2/h5-8,13-15,18H,3-4,9-12H2,1-2H3/b21-19-,24-14-. The Hall–Kier alpha value is -2.71. The van der Waals surface area contributed by atoms with Crippen LogP contribution in [0, 0.1) is 17.2 Å². The van der Waals surface area contributed by atoms with Gasteiger partial charge in [0, 0.05) is 11.4 Å². The number of esters is 1. The summed E-state index contributed by atoms with van der Waals surface area (Å²) in [4.78, 5) is 15.8. The minimum absolute atomic E-state index is 0.153. The lowest BCUT2D eigenvalue weighted by Crippen LogP contribution is -2.18. The van der Waals surface area contributed by atoms with Crippen LogP contribution in [0.1, 0.15) is 39.5 Å². The molecule has 3 aliphatic rings. The highest BCUT2D eigenvalue weighted by Gasteiger charge is 2.27. The van der Waals surface area contributed by atoms with Crippen molar-refractivity contribution in [3.8, 4) is 6.07 Å². The number of hydrogen-bond acceptors (Lipinski definition) is 5. The first-order chi connectivity index (χ1) is 14.6. The molecule has 4 nitrogen and oxygen atoms in total. The number of thioether (sulfide) groups is 1. The van der Waals surface area contributed by atoms with Crippen molar-refractivity contribution < 1.29 is 9.53 Å². The Labute approximate surface area is 182 Å². The van der Waals surface area contributed by atoms with Gasteiger partial charge in [-0.15, -0.1) is 0 Å². The van der Waals surface area contributed by atoms with E-state index in [1.165, 1.54) is 26.8 Å². The van der Waals surface area contributed by atoms with Crippen molar-refractivity contribution in [1.29, 1.82) is 5.26 Å². The number of carbonyl (C=O) groups is 1. The van der Waals surface area contributed by atoms with Gasteiger partial charge in [-0.05, 0) is 80.4 Å². The Kier molecular flexibility index (Phi) is 6.15. The van der Waals surface area contributed by atoms with E-state index < -0.39 is 5.97 Å². The molecule has 1 aliphatic heterocycles. The zero-order chi connectivity index (χ0) is 21.1. The molecule has 4 rings (SSSR count). The van der Waals surface area contributed by atoms with Gasteiger partial charge in [0.1, 0.15) is 11.6 Å². The summed E-state index contributed by atoms with van der Waals surface area (Å²) < 4.78 is 5.07. The van der Waals surface area contributed by atoms with Gasteiger partial charge in [0.25, 0.3) is 0 Å². The second-order valence-electron chi connectivity index (χ2n) is 7.67. The average Bonchev–Trinajstić information content (AvgIpc) is 3.11. The maximum atomic E-state index is 12.1. The van der Waals surface area contributed by atoms with Gasteiger partial charge < -0.3 is 9.64 Å². The van der Waals surface area contributed by atoms with Crippen LogP contribution >= 0.6 is 11.8 Å².